The molecule has 0 saturated heterocycles. The summed E-state index contributed by atoms with van der Waals surface area (Å²) >= 11 is 11.6. The number of esters is 1. The highest BCUT2D eigenvalue weighted by atomic mass is 35.5. The van der Waals surface area contributed by atoms with Gasteiger partial charge in [-0.1, -0.05) is 23.7 Å². The second-order valence-electron chi connectivity index (χ2n) is 5.59. The van der Waals surface area contributed by atoms with Crippen molar-refractivity contribution in [3.8, 4) is 11.5 Å². The summed E-state index contributed by atoms with van der Waals surface area (Å²) in [5.41, 5.74) is 1.79. The quantitative estimate of drug-likeness (QED) is 0.334. The predicted octanol–water partition coefficient (Wildman–Crippen LogP) is 4.80. The van der Waals surface area contributed by atoms with Crippen LogP contribution in [0.1, 0.15) is 28.4 Å². The van der Waals surface area contributed by atoms with Crippen LogP contribution in [0.25, 0.3) is 6.08 Å². The number of ketones is 1. The SMILES string of the molecule is Cc1c(OC(=O)C(C)Cl)ccc2c1O/C(=C\c1ccc(Cl)cc1)C2=O. The molecule has 3 rings (SSSR count). The maximum absolute atomic E-state index is 12.5. The minimum atomic E-state index is -0.768. The third kappa shape index (κ3) is 3.55. The van der Waals surface area contributed by atoms with E-state index < -0.39 is 11.3 Å². The summed E-state index contributed by atoms with van der Waals surface area (Å²) in [6, 6.07) is 10.2. The van der Waals surface area contributed by atoms with Crippen molar-refractivity contribution in [2.24, 2.45) is 0 Å². The third-order valence-electron chi connectivity index (χ3n) is 3.74. The van der Waals surface area contributed by atoms with Crippen molar-refractivity contribution in [2.45, 2.75) is 19.2 Å². The number of rotatable bonds is 3. The van der Waals surface area contributed by atoms with Crippen LogP contribution in [0.4, 0.5) is 0 Å². The zero-order valence-electron chi connectivity index (χ0n) is 13.5. The Bertz CT molecular complexity index is 883. The van der Waals surface area contributed by atoms with Crippen LogP contribution in [0.5, 0.6) is 11.5 Å². The van der Waals surface area contributed by atoms with Gasteiger partial charge in [0.25, 0.3) is 0 Å². The fourth-order valence-corrected chi connectivity index (χ4v) is 2.55. The van der Waals surface area contributed by atoms with Gasteiger partial charge < -0.3 is 9.47 Å². The van der Waals surface area contributed by atoms with E-state index in [2.05, 4.69) is 0 Å². The van der Waals surface area contributed by atoms with Crippen LogP contribution in [0.2, 0.25) is 5.02 Å². The number of halogens is 2. The minimum Gasteiger partial charge on any atom is -0.452 e. The molecule has 1 unspecified atom stereocenters. The maximum atomic E-state index is 12.5. The summed E-state index contributed by atoms with van der Waals surface area (Å²) in [6.45, 7) is 3.25. The third-order valence-corrected chi connectivity index (χ3v) is 4.17. The van der Waals surface area contributed by atoms with Gasteiger partial charge in [-0.3, -0.25) is 9.59 Å². The number of fused-ring (bicyclic) bond motifs is 1. The summed E-state index contributed by atoms with van der Waals surface area (Å²) in [6.07, 6.45) is 1.64. The molecular weight excluding hydrogens is 363 g/mol. The maximum Gasteiger partial charge on any atom is 0.329 e. The Morgan fingerprint density at radius 3 is 2.52 bits per heavy atom. The fraction of sp³-hybridized carbons (Fsp3) is 0.158. The first-order chi connectivity index (χ1) is 11.9. The van der Waals surface area contributed by atoms with Gasteiger partial charge in [0.05, 0.1) is 5.56 Å². The number of ether oxygens (including phenoxy) is 2. The minimum absolute atomic E-state index is 0.203. The number of hydrogen-bond donors (Lipinski definition) is 0. The molecule has 2 aromatic carbocycles. The van der Waals surface area contributed by atoms with Crippen LogP contribution in [0, 0.1) is 6.92 Å². The molecule has 2 aromatic rings. The fourth-order valence-electron chi connectivity index (χ4n) is 2.38. The lowest BCUT2D eigenvalue weighted by Gasteiger charge is -2.10. The number of hydrogen-bond acceptors (Lipinski definition) is 4. The molecule has 0 bridgehead atoms. The molecule has 0 amide bonds. The van der Waals surface area contributed by atoms with Gasteiger partial charge in [0.15, 0.2) is 5.76 Å². The van der Waals surface area contributed by atoms with Crippen LogP contribution < -0.4 is 9.47 Å². The van der Waals surface area contributed by atoms with E-state index in [1.165, 1.54) is 6.92 Å². The first kappa shape index (κ1) is 17.5. The summed E-state index contributed by atoms with van der Waals surface area (Å²) < 4.78 is 11.0. The Morgan fingerprint density at radius 1 is 1.20 bits per heavy atom. The van der Waals surface area contributed by atoms with Crippen molar-refractivity contribution in [1.29, 1.82) is 0 Å². The van der Waals surface area contributed by atoms with E-state index in [1.807, 2.05) is 0 Å². The van der Waals surface area contributed by atoms with Gasteiger partial charge in [-0.15, -0.1) is 11.6 Å². The number of carbonyl (C=O) groups excluding carboxylic acids is 2. The second kappa shape index (κ2) is 6.90. The highest BCUT2D eigenvalue weighted by molar-refractivity contribution is 6.30. The van der Waals surface area contributed by atoms with Gasteiger partial charge in [0, 0.05) is 10.6 Å². The molecule has 0 spiro atoms. The van der Waals surface area contributed by atoms with Crippen molar-refractivity contribution in [3.63, 3.8) is 0 Å². The van der Waals surface area contributed by atoms with Crippen LogP contribution >= 0.6 is 23.2 Å². The molecule has 1 aliphatic heterocycles. The second-order valence-corrected chi connectivity index (χ2v) is 6.68. The largest absolute Gasteiger partial charge is 0.452 e. The lowest BCUT2D eigenvalue weighted by atomic mass is 10.1. The van der Waals surface area contributed by atoms with E-state index in [0.717, 1.165) is 5.56 Å². The highest BCUT2D eigenvalue weighted by Crippen LogP contribution is 2.39. The number of carbonyl (C=O) groups is 2. The molecular formula is C19H14Cl2O4. The van der Waals surface area contributed by atoms with E-state index in [1.54, 1.807) is 49.4 Å². The molecule has 0 radical (unpaired) electrons. The summed E-state index contributed by atoms with van der Waals surface area (Å²) in [7, 11) is 0. The van der Waals surface area contributed by atoms with E-state index in [4.69, 9.17) is 32.7 Å². The predicted molar refractivity (Wildman–Crippen MR) is 96.5 cm³/mol. The Hall–Kier alpha value is -2.30. The van der Waals surface area contributed by atoms with E-state index in [-0.39, 0.29) is 11.5 Å². The lowest BCUT2D eigenvalue weighted by Crippen LogP contribution is -2.18. The monoisotopic (exact) mass is 376 g/mol. The zero-order chi connectivity index (χ0) is 18.1. The molecule has 0 aliphatic carbocycles. The van der Waals surface area contributed by atoms with Gasteiger partial charge in [-0.05, 0) is 49.8 Å². The molecule has 25 heavy (non-hydrogen) atoms. The Balaban J connectivity index is 1.92. The van der Waals surface area contributed by atoms with Crippen LogP contribution in [0.15, 0.2) is 42.2 Å². The first-order valence-electron chi connectivity index (χ1n) is 7.56. The molecule has 128 valence electrons. The van der Waals surface area contributed by atoms with Gasteiger partial charge in [0.1, 0.15) is 16.9 Å². The molecule has 6 heteroatoms. The number of alkyl halides is 1. The Labute approximate surface area is 155 Å². The van der Waals surface area contributed by atoms with Gasteiger partial charge in [0.2, 0.25) is 5.78 Å². The van der Waals surface area contributed by atoms with Crippen LogP contribution in [0.3, 0.4) is 0 Å². The van der Waals surface area contributed by atoms with Gasteiger partial charge in [-0.2, -0.15) is 0 Å². The zero-order valence-corrected chi connectivity index (χ0v) is 15.0. The topological polar surface area (TPSA) is 52.6 Å². The van der Waals surface area contributed by atoms with Gasteiger partial charge in [-0.25, -0.2) is 0 Å². The van der Waals surface area contributed by atoms with Crippen molar-refractivity contribution in [1.82, 2.24) is 0 Å². The molecule has 0 saturated carbocycles. The highest BCUT2D eigenvalue weighted by Gasteiger charge is 2.30. The van der Waals surface area contributed by atoms with Crippen molar-refractivity contribution in [3.05, 3.63) is 63.9 Å². The van der Waals surface area contributed by atoms with E-state index in [9.17, 15) is 9.59 Å². The van der Waals surface area contributed by atoms with E-state index >= 15 is 0 Å². The number of allylic oxidation sites excluding steroid dienone is 1. The average Bonchev–Trinajstić information content (AvgIpc) is 2.89. The summed E-state index contributed by atoms with van der Waals surface area (Å²) in [4.78, 5) is 24.2. The smallest absolute Gasteiger partial charge is 0.329 e. The molecule has 0 N–H and O–H groups in total. The van der Waals surface area contributed by atoms with E-state index in [0.29, 0.717) is 27.6 Å². The van der Waals surface area contributed by atoms with Crippen molar-refractivity contribution < 1.29 is 19.1 Å². The Kier molecular flexibility index (Phi) is 4.84. The molecule has 0 aromatic heterocycles. The van der Waals surface area contributed by atoms with Crippen molar-refractivity contribution >= 4 is 41.0 Å². The summed E-state index contributed by atoms with van der Waals surface area (Å²) in [5, 5.41) is -0.157. The Morgan fingerprint density at radius 2 is 1.88 bits per heavy atom. The molecule has 1 atom stereocenters. The van der Waals surface area contributed by atoms with Gasteiger partial charge >= 0.3 is 5.97 Å². The molecule has 1 aliphatic rings. The summed E-state index contributed by atoms with van der Waals surface area (Å²) in [5.74, 6) is 0.117. The normalized spacial score (nSPS) is 15.7. The first-order valence-corrected chi connectivity index (χ1v) is 8.37. The molecule has 1 heterocycles. The number of Topliss-reactive ketones (excluding diaryl/α,β-unsaturated/α-hetero) is 1. The lowest BCUT2D eigenvalue weighted by molar-refractivity contribution is -0.133. The molecule has 4 nitrogen and oxygen atoms in total. The van der Waals surface area contributed by atoms with Crippen LogP contribution in [-0.4, -0.2) is 17.1 Å². The van der Waals surface area contributed by atoms with Crippen molar-refractivity contribution in [2.75, 3.05) is 0 Å². The van der Waals surface area contributed by atoms with Crippen LogP contribution in [-0.2, 0) is 4.79 Å². The molecule has 0 fully saturated rings. The average molecular weight is 377 g/mol. The number of benzene rings is 2. The standard InChI is InChI=1S/C19H14Cl2O4/c1-10-15(25-19(23)11(2)20)8-7-14-17(22)16(24-18(10)14)9-12-3-5-13(21)6-4-12/h3-9,11H,1-2H3/b16-9-.